The molecule has 0 unspecified atom stereocenters. The summed E-state index contributed by atoms with van der Waals surface area (Å²) in [4.78, 5) is 45.4. The Labute approximate surface area is 305 Å². The number of aromatic nitrogens is 3. The fraction of sp³-hybridized carbons (Fsp3) is 0.289. The number of hydrogen-bond donors (Lipinski definition) is 4. The van der Waals surface area contributed by atoms with Crippen LogP contribution in [0.5, 0.6) is 5.88 Å². The average molecular weight is 730 g/mol. The summed E-state index contributed by atoms with van der Waals surface area (Å²) < 4.78 is 7.09. The zero-order valence-corrected chi connectivity index (χ0v) is 29.9. The fourth-order valence-corrected chi connectivity index (χ4v) is 6.69. The Balaban J connectivity index is 1.23. The maximum atomic E-state index is 13.2. The van der Waals surface area contributed by atoms with Crippen LogP contribution in [0.3, 0.4) is 0 Å². The van der Waals surface area contributed by atoms with E-state index in [1.807, 2.05) is 48.5 Å². The minimum atomic E-state index is -0.972. The molecule has 1 amide bonds. The lowest BCUT2D eigenvalue weighted by atomic mass is 9.94. The molecule has 4 N–H and O–H groups in total. The molecule has 0 saturated carbocycles. The highest BCUT2D eigenvalue weighted by Gasteiger charge is 2.26. The third-order valence-corrected chi connectivity index (χ3v) is 9.85. The minimum Gasteiger partial charge on any atom is -0.481 e. The van der Waals surface area contributed by atoms with Crippen LogP contribution in [0.1, 0.15) is 37.8 Å². The number of nitrogens with zero attached hydrogens (tertiary/aromatic N) is 3. The van der Waals surface area contributed by atoms with Crippen molar-refractivity contribution in [3.8, 4) is 39.4 Å². The van der Waals surface area contributed by atoms with Gasteiger partial charge in [0.05, 0.1) is 28.3 Å². The van der Waals surface area contributed by atoms with Crippen LogP contribution in [0, 0.1) is 5.41 Å². The van der Waals surface area contributed by atoms with E-state index < -0.39 is 11.4 Å². The van der Waals surface area contributed by atoms with E-state index in [4.69, 9.17) is 32.9 Å². The summed E-state index contributed by atoms with van der Waals surface area (Å²) in [7, 11) is 1.58. The molecule has 0 spiro atoms. The number of rotatable bonds is 13. The number of benzene rings is 2. The van der Waals surface area contributed by atoms with Crippen molar-refractivity contribution in [2.24, 2.45) is 5.41 Å². The molecule has 2 aromatic carbocycles. The summed E-state index contributed by atoms with van der Waals surface area (Å²) in [5.41, 5.74) is 4.84. The van der Waals surface area contributed by atoms with Crippen LogP contribution in [0.4, 0.5) is 0 Å². The van der Waals surface area contributed by atoms with Gasteiger partial charge in [0.25, 0.3) is 5.56 Å². The zero-order valence-electron chi connectivity index (χ0n) is 28.4. The smallest absolute Gasteiger partial charge is 0.310 e. The van der Waals surface area contributed by atoms with Crippen LogP contribution in [0.2, 0.25) is 10.0 Å². The van der Waals surface area contributed by atoms with Crippen molar-refractivity contribution in [3.05, 3.63) is 105 Å². The van der Waals surface area contributed by atoms with Crippen LogP contribution < -0.4 is 26.2 Å². The Bertz CT molecular complexity index is 2190. The first-order valence-corrected chi connectivity index (χ1v) is 17.3. The molecule has 6 rings (SSSR count). The Morgan fingerprint density at radius 2 is 1.67 bits per heavy atom. The maximum Gasteiger partial charge on any atom is 0.310 e. The van der Waals surface area contributed by atoms with E-state index in [1.54, 1.807) is 39.3 Å². The van der Waals surface area contributed by atoms with Crippen LogP contribution >= 0.6 is 23.2 Å². The molecular formula is C38H38Cl2N6O5. The summed E-state index contributed by atoms with van der Waals surface area (Å²) in [5.74, 6) is -0.358. The second-order valence-electron chi connectivity index (χ2n) is 13.2. The van der Waals surface area contributed by atoms with E-state index in [0.29, 0.717) is 57.9 Å². The van der Waals surface area contributed by atoms with Gasteiger partial charge in [0, 0.05) is 84.4 Å². The standard InChI is InChI=1S/C38H38Cl2N6O5/c1-38(2,37(49)50)21-42-18-24-19-43-31-16-22(14-15-46(31)36(24)48)26-6-4-7-27(33(26)39)28-8-5-9-29(34(28)40)30-12-10-23(35(45-30)51-3)17-41-20-25-11-13-32(47)44-25/h4-10,12,14-16,19,25,41-42H,11,13,17-18,20-21H2,1-3H3,(H,44,47)(H,49,50)/t25-/m0/s1. The van der Waals surface area contributed by atoms with Crippen LogP contribution in [0.25, 0.3) is 39.2 Å². The predicted octanol–water partition coefficient (Wildman–Crippen LogP) is 5.97. The molecule has 5 aromatic rings. The molecule has 13 heteroatoms. The van der Waals surface area contributed by atoms with Gasteiger partial charge in [-0.2, -0.15) is 0 Å². The van der Waals surface area contributed by atoms with Crippen molar-refractivity contribution in [2.45, 2.75) is 45.8 Å². The van der Waals surface area contributed by atoms with Crippen molar-refractivity contribution >= 4 is 40.7 Å². The monoisotopic (exact) mass is 728 g/mol. The van der Waals surface area contributed by atoms with E-state index in [1.165, 1.54) is 10.6 Å². The van der Waals surface area contributed by atoms with Crippen molar-refractivity contribution in [1.82, 2.24) is 30.3 Å². The normalized spacial score (nSPS) is 14.5. The number of pyridine rings is 2. The first kappa shape index (κ1) is 36.0. The highest BCUT2D eigenvalue weighted by molar-refractivity contribution is 6.39. The lowest BCUT2D eigenvalue weighted by Gasteiger charge is -2.19. The molecule has 264 valence electrons. The number of hydrogen-bond acceptors (Lipinski definition) is 8. The third kappa shape index (κ3) is 7.77. The number of carbonyl (C=O) groups is 2. The molecule has 0 bridgehead atoms. The van der Waals surface area contributed by atoms with Gasteiger partial charge in [0.1, 0.15) is 5.65 Å². The van der Waals surface area contributed by atoms with Crippen molar-refractivity contribution in [2.75, 3.05) is 20.2 Å². The lowest BCUT2D eigenvalue weighted by molar-refractivity contribution is -0.146. The Morgan fingerprint density at radius 3 is 2.35 bits per heavy atom. The quantitative estimate of drug-likeness (QED) is 0.115. The van der Waals surface area contributed by atoms with Gasteiger partial charge in [-0.15, -0.1) is 0 Å². The van der Waals surface area contributed by atoms with E-state index >= 15 is 0 Å². The number of carbonyl (C=O) groups excluding carboxylic acids is 1. The molecule has 11 nitrogen and oxygen atoms in total. The number of aliphatic carboxylic acids is 1. The summed E-state index contributed by atoms with van der Waals surface area (Å²) >= 11 is 14.2. The fourth-order valence-electron chi connectivity index (χ4n) is 6.03. The number of methoxy groups -OCH3 is 1. The van der Waals surface area contributed by atoms with Gasteiger partial charge < -0.3 is 25.8 Å². The van der Waals surface area contributed by atoms with Crippen molar-refractivity contribution < 1.29 is 19.4 Å². The second-order valence-corrected chi connectivity index (χ2v) is 13.9. The molecule has 0 radical (unpaired) electrons. The number of ether oxygens (including phenoxy) is 1. The van der Waals surface area contributed by atoms with Gasteiger partial charge in [0.15, 0.2) is 0 Å². The zero-order chi connectivity index (χ0) is 36.3. The highest BCUT2D eigenvalue weighted by atomic mass is 35.5. The Morgan fingerprint density at radius 1 is 0.980 bits per heavy atom. The predicted molar refractivity (Wildman–Crippen MR) is 198 cm³/mol. The highest BCUT2D eigenvalue weighted by Crippen LogP contribution is 2.42. The van der Waals surface area contributed by atoms with Gasteiger partial charge in [-0.3, -0.25) is 18.8 Å². The first-order chi connectivity index (χ1) is 24.5. The number of nitrogens with one attached hydrogen (secondary N) is 3. The van der Waals surface area contributed by atoms with E-state index in [2.05, 4.69) is 20.9 Å². The molecule has 1 aliphatic heterocycles. The van der Waals surface area contributed by atoms with Crippen LogP contribution in [0.15, 0.2) is 77.9 Å². The number of halogens is 2. The molecule has 4 heterocycles. The molecule has 1 saturated heterocycles. The summed E-state index contributed by atoms with van der Waals surface area (Å²) in [6.45, 7) is 4.82. The molecule has 1 fully saturated rings. The van der Waals surface area contributed by atoms with Crippen molar-refractivity contribution in [1.29, 1.82) is 0 Å². The van der Waals surface area contributed by atoms with Gasteiger partial charge in [-0.1, -0.05) is 65.7 Å². The minimum absolute atomic E-state index is 0.0858. The van der Waals surface area contributed by atoms with Crippen molar-refractivity contribution in [3.63, 3.8) is 0 Å². The SMILES string of the molecule is COc1nc(-c2cccc(-c3cccc(-c4ccn5c(=O)c(CNCC(C)(C)C(=O)O)cnc5c4)c3Cl)c2Cl)ccc1CNC[C@@H]1CCC(=O)N1. The van der Waals surface area contributed by atoms with Gasteiger partial charge >= 0.3 is 5.97 Å². The second kappa shape index (κ2) is 15.2. The number of fused-ring (bicyclic) bond motifs is 1. The maximum absolute atomic E-state index is 13.2. The largest absolute Gasteiger partial charge is 0.481 e. The average Bonchev–Trinajstić information content (AvgIpc) is 3.54. The molecule has 1 atom stereocenters. The van der Waals surface area contributed by atoms with Crippen LogP contribution in [-0.2, 0) is 22.7 Å². The Hall–Kier alpha value is -4.81. The summed E-state index contributed by atoms with van der Waals surface area (Å²) in [6, 6.07) is 19.0. The van der Waals surface area contributed by atoms with E-state index in [0.717, 1.165) is 34.2 Å². The number of carboxylic acids is 1. The molecule has 1 aliphatic rings. The van der Waals surface area contributed by atoms with Gasteiger partial charge in [0.2, 0.25) is 11.8 Å². The topological polar surface area (TPSA) is 147 Å². The molecule has 51 heavy (non-hydrogen) atoms. The third-order valence-electron chi connectivity index (χ3n) is 9.04. The molecule has 3 aromatic heterocycles. The Kier molecular flexibility index (Phi) is 10.7. The summed E-state index contributed by atoms with van der Waals surface area (Å²) in [5, 5.41) is 19.7. The number of carboxylic acid groups (broad SMARTS) is 1. The van der Waals surface area contributed by atoms with Gasteiger partial charge in [-0.05, 0) is 44.0 Å². The number of amides is 1. The summed E-state index contributed by atoms with van der Waals surface area (Å²) in [6.07, 6.45) is 4.55. The van der Waals surface area contributed by atoms with E-state index in [9.17, 15) is 19.5 Å². The van der Waals surface area contributed by atoms with E-state index in [-0.39, 0.29) is 30.6 Å². The molecular weight excluding hydrogens is 691 g/mol. The molecule has 0 aliphatic carbocycles. The lowest BCUT2D eigenvalue weighted by Crippen LogP contribution is -2.36. The first-order valence-electron chi connectivity index (χ1n) is 16.5. The van der Waals surface area contributed by atoms with Gasteiger partial charge in [-0.25, -0.2) is 9.97 Å². The van der Waals surface area contributed by atoms with Crippen LogP contribution in [-0.4, -0.2) is 57.6 Å².